The fraction of sp³-hybridized carbons (Fsp3) is 0.133. The van der Waals surface area contributed by atoms with Crippen LogP contribution in [0.4, 0.5) is 11.4 Å². The van der Waals surface area contributed by atoms with Crippen LogP contribution < -0.4 is 11.5 Å². The maximum absolute atomic E-state index is 12.3. The number of nitrogens with two attached hydrogens (primary N) is 2. The Morgan fingerprint density at radius 1 is 1.05 bits per heavy atom. The number of benzene rings is 2. The van der Waals surface area contributed by atoms with Gasteiger partial charge in [-0.15, -0.1) is 0 Å². The standard InChI is InChI=1S/C15H15N3O/c16-13-6-11-9-18(8-10-4-2-1-3-5-10)15(19)12(11)7-14(13)17/h1-7H,8-9,16-17H2. The largest absolute Gasteiger partial charge is 0.397 e. The summed E-state index contributed by atoms with van der Waals surface area (Å²) < 4.78 is 0. The number of carbonyl (C=O) groups excluding carboxylic acids is 1. The summed E-state index contributed by atoms with van der Waals surface area (Å²) in [6.07, 6.45) is 0. The first-order valence-electron chi connectivity index (χ1n) is 6.16. The summed E-state index contributed by atoms with van der Waals surface area (Å²) in [6, 6.07) is 13.4. The summed E-state index contributed by atoms with van der Waals surface area (Å²) in [5.74, 6) is 0.0190. The van der Waals surface area contributed by atoms with E-state index in [9.17, 15) is 4.79 Å². The number of amides is 1. The number of hydrogen-bond donors (Lipinski definition) is 2. The van der Waals surface area contributed by atoms with E-state index in [1.165, 1.54) is 0 Å². The Balaban J connectivity index is 1.87. The monoisotopic (exact) mass is 253 g/mol. The molecule has 0 atom stereocenters. The second-order valence-electron chi connectivity index (χ2n) is 4.79. The number of rotatable bonds is 2. The van der Waals surface area contributed by atoms with Crippen molar-refractivity contribution in [1.82, 2.24) is 4.90 Å². The van der Waals surface area contributed by atoms with Gasteiger partial charge >= 0.3 is 0 Å². The molecular formula is C15H15N3O. The molecule has 0 aliphatic carbocycles. The van der Waals surface area contributed by atoms with Crippen LogP contribution in [-0.2, 0) is 13.1 Å². The first-order chi connectivity index (χ1) is 9.15. The summed E-state index contributed by atoms with van der Waals surface area (Å²) >= 11 is 0. The van der Waals surface area contributed by atoms with Crippen LogP contribution in [0.2, 0.25) is 0 Å². The lowest BCUT2D eigenvalue weighted by molar-refractivity contribution is 0.0766. The summed E-state index contributed by atoms with van der Waals surface area (Å²) in [7, 11) is 0. The molecule has 0 unspecified atom stereocenters. The van der Waals surface area contributed by atoms with Crippen molar-refractivity contribution in [2.24, 2.45) is 0 Å². The molecule has 0 spiro atoms. The Hall–Kier alpha value is -2.49. The molecule has 0 saturated heterocycles. The maximum atomic E-state index is 12.3. The van der Waals surface area contributed by atoms with E-state index >= 15 is 0 Å². The molecular weight excluding hydrogens is 238 g/mol. The molecule has 2 aromatic carbocycles. The summed E-state index contributed by atoms with van der Waals surface area (Å²) in [6.45, 7) is 1.20. The zero-order valence-electron chi connectivity index (χ0n) is 10.5. The van der Waals surface area contributed by atoms with E-state index in [2.05, 4.69) is 0 Å². The zero-order valence-corrected chi connectivity index (χ0v) is 10.5. The Morgan fingerprint density at radius 3 is 2.47 bits per heavy atom. The highest BCUT2D eigenvalue weighted by Crippen LogP contribution is 2.29. The second-order valence-corrected chi connectivity index (χ2v) is 4.79. The lowest BCUT2D eigenvalue weighted by Gasteiger charge is -2.15. The highest BCUT2D eigenvalue weighted by molar-refractivity contribution is 6.00. The second kappa shape index (κ2) is 4.31. The number of nitrogen functional groups attached to an aromatic ring is 2. The van der Waals surface area contributed by atoms with E-state index in [1.54, 1.807) is 17.0 Å². The average molecular weight is 253 g/mol. The minimum atomic E-state index is 0.0190. The number of hydrogen-bond acceptors (Lipinski definition) is 3. The van der Waals surface area contributed by atoms with E-state index in [-0.39, 0.29) is 5.91 Å². The fourth-order valence-electron chi connectivity index (χ4n) is 2.39. The van der Waals surface area contributed by atoms with Crippen molar-refractivity contribution in [2.45, 2.75) is 13.1 Å². The Labute approximate surface area is 111 Å². The van der Waals surface area contributed by atoms with Gasteiger partial charge in [0.1, 0.15) is 0 Å². The van der Waals surface area contributed by atoms with Crippen LogP contribution in [0.1, 0.15) is 21.5 Å². The van der Waals surface area contributed by atoms with E-state index < -0.39 is 0 Å². The number of nitrogens with zero attached hydrogens (tertiary/aromatic N) is 1. The van der Waals surface area contributed by atoms with E-state index in [0.717, 1.165) is 11.1 Å². The quantitative estimate of drug-likeness (QED) is 0.804. The molecule has 1 aliphatic rings. The van der Waals surface area contributed by atoms with Gasteiger partial charge in [0.05, 0.1) is 11.4 Å². The van der Waals surface area contributed by atoms with E-state index in [4.69, 9.17) is 11.5 Å². The smallest absolute Gasteiger partial charge is 0.254 e. The van der Waals surface area contributed by atoms with E-state index in [1.807, 2.05) is 30.3 Å². The van der Waals surface area contributed by atoms with Gasteiger partial charge in [-0.3, -0.25) is 4.79 Å². The lowest BCUT2D eigenvalue weighted by Crippen LogP contribution is -2.23. The summed E-state index contributed by atoms with van der Waals surface area (Å²) in [5, 5.41) is 0. The zero-order chi connectivity index (χ0) is 13.4. The molecule has 0 aromatic heterocycles. The normalized spacial score (nSPS) is 13.7. The van der Waals surface area contributed by atoms with Crippen molar-refractivity contribution in [3.8, 4) is 0 Å². The molecule has 1 heterocycles. The predicted molar refractivity (Wildman–Crippen MR) is 75.3 cm³/mol. The lowest BCUT2D eigenvalue weighted by atomic mass is 10.1. The predicted octanol–water partition coefficient (Wildman–Crippen LogP) is 2.01. The van der Waals surface area contributed by atoms with Crippen LogP contribution in [-0.4, -0.2) is 10.8 Å². The number of anilines is 2. The third-order valence-corrected chi connectivity index (χ3v) is 3.40. The number of carbonyl (C=O) groups is 1. The average Bonchev–Trinajstić information content (AvgIpc) is 2.69. The van der Waals surface area contributed by atoms with Crippen molar-refractivity contribution in [3.05, 3.63) is 59.2 Å². The molecule has 4 N–H and O–H groups in total. The molecule has 1 amide bonds. The van der Waals surface area contributed by atoms with Crippen molar-refractivity contribution in [2.75, 3.05) is 11.5 Å². The van der Waals surface area contributed by atoms with Gasteiger partial charge in [-0.05, 0) is 23.3 Å². The van der Waals surface area contributed by atoms with Gasteiger partial charge in [-0.25, -0.2) is 0 Å². The first kappa shape index (κ1) is 11.6. The van der Waals surface area contributed by atoms with Crippen LogP contribution in [0, 0.1) is 0 Å². The SMILES string of the molecule is Nc1cc2c(cc1N)C(=O)N(Cc1ccccc1)C2. The van der Waals surface area contributed by atoms with Crippen LogP contribution >= 0.6 is 0 Å². The van der Waals surface area contributed by atoms with Crippen molar-refractivity contribution in [1.29, 1.82) is 0 Å². The van der Waals surface area contributed by atoms with E-state index in [0.29, 0.717) is 30.0 Å². The molecule has 1 aliphatic heterocycles. The van der Waals surface area contributed by atoms with Crippen molar-refractivity contribution >= 4 is 17.3 Å². The van der Waals surface area contributed by atoms with Gasteiger partial charge in [0.25, 0.3) is 5.91 Å². The first-order valence-corrected chi connectivity index (χ1v) is 6.16. The molecule has 0 bridgehead atoms. The molecule has 4 nitrogen and oxygen atoms in total. The summed E-state index contributed by atoms with van der Waals surface area (Å²) in [4.78, 5) is 14.1. The molecule has 4 heteroatoms. The molecule has 3 rings (SSSR count). The summed E-state index contributed by atoms with van der Waals surface area (Å²) in [5.41, 5.74) is 15.3. The Kier molecular flexibility index (Phi) is 2.63. The van der Waals surface area contributed by atoms with Crippen molar-refractivity contribution in [3.63, 3.8) is 0 Å². The van der Waals surface area contributed by atoms with Gasteiger partial charge in [0, 0.05) is 18.7 Å². The Bertz CT molecular complexity index is 637. The molecule has 0 radical (unpaired) electrons. The fourth-order valence-corrected chi connectivity index (χ4v) is 2.39. The molecule has 0 saturated carbocycles. The minimum Gasteiger partial charge on any atom is -0.397 e. The van der Waals surface area contributed by atoms with Gasteiger partial charge in [-0.1, -0.05) is 30.3 Å². The van der Waals surface area contributed by atoms with Gasteiger partial charge in [0.2, 0.25) is 0 Å². The minimum absolute atomic E-state index is 0.0190. The maximum Gasteiger partial charge on any atom is 0.254 e. The molecule has 2 aromatic rings. The van der Waals surface area contributed by atoms with Crippen LogP contribution in [0.15, 0.2) is 42.5 Å². The number of fused-ring (bicyclic) bond motifs is 1. The third-order valence-electron chi connectivity index (χ3n) is 3.40. The molecule has 96 valence electrons. The molecule has 19 heavy (non-hydrogen) atoms. The highest BCUT2D eigenvalue weighted by atomic mass is 16.2. The van der Waals surface area contributed by atoms with Crippen LogP contribution in [0.3, 0.4) is 0 Å². The van der Waals surface area contributed by atoms with Crippen molar-refractivity contribution < 1.29 is 4.79 Å². The molecule has 0 fully saturated rings. The topological polar surface area (TPSA) is 72.3 Å². The third kappa shape index (κ3) is 2.01. The van der Waals surface area contributed by atoms with Gasteiger partial charge in [-0.2, -0.15) is 0 Å². The highest BCUT2D eigenvalue weighted by Gasteiger charge is 2.28. The van der Waals surface area contributed by atoms with Gasteiger partial charge < -0.3 is 16.4 Å². The van der Waals surface area contributed by atoms with Gasteiger partial charge in [0.15, 0.2) is 0 Å². The van der Waals surface area contributed by atoms with Crippen LogP contribution in [0.25, 0.3) is 0 Å². The van der Waals surface area contributed by atoms with Crippen LogP contribution in [0.5, 0.6) is 0 Å². The Morgan fingerprint density at radius 2 is 1.74 bits per heavy atom.